The third kappa shape index (κ3) is 4.06. The standard InChI is InChI=1S/C11H15ClFNO2/c12-10-2-1-9(7-11(10)13)8-14(3-5-15)4-6-16/h1-2,7,15-16H,3-6,8H2. The van der Waals surface area contributed by atoms with Crippen molar-refractivity contribution in [1.82, 2.24) is 4.90 Å². The summed E-state index contributed by atoms with van der Waals surface area (Å²) in [5.74, 6) is -0.452. The van der Waals surface area contributed by atoms with Crippen molar-refractivity contribution >= 4 is 11.6 Å². The number of aliphatic hydroxyl groups excluding tert-OH is 2. The Bertz CT molecular complexity index is 330. The summed E-state index contributed by atoms with van der Waals surface area (Å²) in [6.45, 7) is 1.40. The van der Waals surface area contributed by atoms with E-state index < -0.39 is 5.82 Å². The maximum atomic E-state index is 13.2. The highest BCUT2D eigenvalue weighted by Gasteiger charge is 2.06. The third-order valence-corrected chi connectivity index (χ3v) is 2.53. The second-order valence-corrected chi connectivity index (χ2v) is 3.88. The van der Waals surface area contributed by atoms with Crippen LogP contribution < -0.4 is 0 Å². The summed E-state index contributed by atoms with van der Waals surface area (Å²) < 4.78 is 13.2. The number of benzene rings is 1. The zero-order valence-electron chi connectivity index (χ0n) is 8.87. The molecule has 0 saturated carbocycles. The van der Waals surface area contributed by atoms with Crippen LogP contribution >= 0.6 is 11.6 Å². The molecule has 90 valence electrons. The maximum absolute atomic E-state index is 13.2. The highest BCUT2D eigenvalue weighted by atomic mass is 35.5. The first-order valence-electron chi connectivity index (χ1n) is 5.05. The monoisotopic (exact) mass is 247 g/mol. The van der Waals surface area contributed by atoms with Gasteiger partial charge in [0.25, 0.3) is 0 Å². The van der Waals surface area contributed by atoms with Gasteiger partial charge in [-0.3, -0.25) is 4.90 Å². The van der Waals surface area contributed by atoms with Crippen LogP contribution in [0.1, 0.15) is 5.56 Å². The summed E-state index contributed by atoms with van der Waals surface area (Å²) in [5, 5.41) is 17.7. The van der Waals surface area contributed by atoms with Gasteiger partial charge >= 0.3 is 0 Å². The maximum Gasteiger partial charge on any atom is 0.142 e. The Labute approximate surface area is 99.1 Å². The molecule has 0 aromatic heterocycles. The molecule has 0 amide bonds. The van der Waals surface area contributed by atoms with E-state index in [-0.39, 0.29) is 18.2 Å². The number of hydrogen-bond donors (Lipinski definition) is 2. The highest BCUT2D eigenvalue weighted by molar-refractivity contribution is 6.30. The lowest BCUT2D eigenvalue weighted by molar-refractivity contribution is 0.156. The molecule has 3 nitrogen and oxygen atoms in total. The van der Waals surface area contributed by atoms with E-state index in [2.05, 4.69) is 0 Å². The van der Waals surface area contributed by atoms with Gasteiger partial charge in [-0.25, -0.2) is 4.39 Å². The molecular formula is C11H15ClFNO2. The summed E-state index contributed by atoms with van der Waals surface area (Å²) >= 11 is 5.57. The first kappa shape index (κ1) is 13.4. The third-order valence-electron chi connectivity index (χ3n) is 2.22. The van der Waals surface area contributed by atoms with Crippen LogP contribution in [0.5, 0.6) is 0 Å². The van der Waals surface area contributed by atoms with E-state index >= 15 is 0 Å². The van der Waals surface area contributed by atoms with Crippen molar-refractivity contribution in [2.45, 2.75) is 6.54 Å². The van der Waals surface area contributed by atoms with Crippen molar-refractivity contribution in [3.8, 4) is 0 Å². The van der Waals surface area contributed by atoms with Gasteiger partial charge < -0.3 is 10.2 Å². The first-order valence-corrected chi connectivity index (χ1v) is 5.43. The Morgan fingerprint density at radius 3 is 2.31 bits per heavy atom. The van der Waals surface area contributed by atoms with Gasteiger partial charge in [-0.2, -0.15) is 0 Å². The van der Waals surface area contributed by atoms with Crippen molar-refractivity contribution in [3.05, 3.63) is 34.6 Å². The molecule has 0 radical (unpaired) electrons. The molecule has 0 aliphatic rings. The van der Waals surface area contributed by atoms with Crippen LogP contribution in [0.3, 0.4) is 0 Å². The summed E-state index contributed by atoms with van der Waals surface area (Å²) in [7, 11) is 0. The quantitative estimate of drug-likeness (QED) is 0.796. The van der Waals surface area contributed by atoms with E-state index in [1.165, 1.54) is 12.1 Å². The topological polar surface area (TPSA) is 43.7 Å². The number of hydrogen-bond acceptors (Lipinski definition) is 3. The van der Waals surface area contributed by atoms with Crippen molar-refractivity contribution in [2.24, 2.45) is 0 Å². The fourth-order valence-electron chi connectivity index (χ4n) is 1.45. The molecule has 0 spiro atoms. The summed E-state index contributed by atoms with van der Waals surface area (Å²) in [5.41, 5.74) is 0.767. The van der Waals surface area contributed by atoms with Crippen LogP contribution in [0.4, 0.5) is 4.39 Å². The van der Waals surface area contributed by atoms with E-state index in [1.54, 1.807) is 6.07 Å². The Hall–Kier alpha value is -0.680. The Balaban J connectivity index is 2.65. The average Bonchev–Trinajstić information content (AvgIpc) is 2.24. The Morgan fingerprint density at radius 1 is 1.19 bits per heavy atom. The summed E-state index contributed by atoms with van der Waals surface area (Å²) in [6.07, 6.45) is 0. The van der Waals surface area contributed by atoms with E-state index in [4.69, 9.17) is 21.8 Å². The molecule has 5 heteroatoms. The molecular weight excluding hydrogens is 233 g/mol. The van der Waals surface area contributed by atoms with Gasteiger partial charge in [-0.15, -0.1) is 0 Å². The minimum atomic E-state index is -0.452. The summed E-state index contributed by atoms with van der Waals surface area (Å²) in [4.78, 5) is 1.84. The number of aliphatic hydroxyl groups is 2. The van der Waals surface area contributed by atoms with Crippen LogP contribution in [-0.2, 0) is 6.54 Å². The fraction of sp³-hybridized carbons (Fsp3) is 0.455. The van der Waals surface area contributed by atoms with Gasteiger partial charge in [-0.1, -0.05) is 17.7 Å². The second kappa shape index (κ2) is 6.81. The fourth-order valence-corrected chi connectivity index (χ4v) is 1.57. The van der Waals surface area contributed by atoms with Crippen LogP contribution in [0, 0.1) is 5.82 Å². The van der Waals surface area contributed by atoms with E-state index in [9.17, 15) is 4.39 Å². The molecule has 1 rings (SSSR count). The van der Waals surface area contributed by atoms with E-state index in [0.717, 1.165) is 5.56 Å². The molecule has 0 heterocycles. The number of nitrogens with zero attached hydrogens (tertiary/aromatic N) is 1. The van der Waals surface area contributed by atoms with Gasteiger partial charge in [0, 0.05) is 19.6 Å². The molecule has 0 aliphatic carbocycles. The molecule has 0 saturated heterocycles. The number of rotatable bonds is 6. The predicted molar refractivity (Wildman–Crippen MR) is 60.9 cm³/mol. The van der Waals surface area contributed by atoms with Crippen molar-refractivity contribution in [3.63, 3.8) is 0 Å². The van der Waals surface area contributed by atoms with Crippen molar-refractivity contribution in [2.75, 3.05) is 26.3 Å². The minimum absolute atomic E-state index is 0.00999. The lowest BCUT2D eigenvalue weighted by atomic mass is 10.2. The molecule has 0 fully saturated rings. The number of halogens is 2. The van der Waals surface area contributed by atoms with Gasteiger partial charge in [0.05, 0.1) is 18.2 Å². The van der Waals surface area contributed by atoms with E-state index in [0.29, 0.717) is 19.6 Å². The largest absolute Gasteiger partial charge is 0.395 e. The Kier molecular flexibility index (Phi) is 5.69. The summed E-state index contributed by atoms with van der Waals surface area (Å²) in [6, 6.07) is 4.60. The van der Waals surface area contributed by atoms with Gasteiger partial charge in [-0.05, 0) is 17.7 Å². The predicted octanol–water partition coefficient (Wildman–Crippen LogP) is 1.27. The van der Waals surface area contributed by atoms with Crippen LogP contribution in [-0.4, -0.2) is 41.4 Å². The van der Waals surface area contributed by atoms with Crippen LogP contribution in [0.2, 0.25) is 5.02 Å². The highest BCUT2D eigenvalue weighted by Crippen LogP contribution is 2.16. The lowest BCUT2D eigenvalue weighted by Crippen LogP contribution is -2.29. The first-order chi connectivity index (χ1) is 7.67. The lowest BCUT2D eigenvalue weighted by Gasteiger charge is -2.20. The van der Waals surface area contributed by atoms with Crippen molar-refractivity contribution < 1.29 is 14.6 Å². The van der Waals surface area contributed by atoms with Crippen molar-refractivity contribution in [1.29, 1.82) is 0 Å². The van der Waals surface area contributed by atoms with Gasteiger partial charge in [0.15, 0.2) is 0 Å². The molecule has 0 bridgehead atoms. The van der Waals surface area contributed by atoms with Gasteiger partial charge in [0.2, 0.25) is 0 Å². The zero-order chi connectivity index (χ0) is 12.0. The zero-order valence-corrected chi connectivity index (χ0v) is 9.62. The molecule has 0 unspecified atom stereocenters. The minimum Gasteiger partial charge on any atom is -0.395 e. The average molecular weight is 248 g/mol. The second-order valence-electron chi connectivity index (χ2n) is 3.47. The van der Waals surface area contributed by atoms with Gasteiger partial charge in [0.1, 0.15) is 5.82 Å². The molecule has 1 aromatic carbocycles. The SMILES string of the molecule is OCCN(CCO)Cc1ccc(Cl)c(F)c1. The van der Waals surface area contributed by atoms with E-state index in [1.807, 2.05) is 4.90 Å². The van der Waals surface area contributed by atoms with Crippen LogP contribution in [0.25, 0.3) is 0 Å². The molecule has 0 atom stereocenters. The molecule has 2 N–H and O–H groups in total. The molecule has 1 aromatic rings. The van der Waals surface area contributed by atoms with Crippen LogP contribution in [0.15, 0.2) is 18.2 Å². The normalized spacial score (nSPS) is 11.1. The molecule has 0 aliphatic heterocycles. The smallest absolute Gasteiger partial charge is 0.142 e. The Morgan fingerprint density at radius 2 is 1.81 bits per heavy atom. The molecule has 16 heavy (non-hydrogen) atoms.